The second-order valence-electron chi connectivity index (χ2n) is 3.58. The molecule has 0 atom stereocenters. The van der Waals surface area contributed by atoms with E-state index in [0.29, 0.717) is 0 Å². The highest BCUT2D eigenvalue weighted by atomic mass is 15.4. The first kappa shape index (κ1) is 12.3. The summed E-state index contributed by atoms with van der Waals surface area (Å²) in [4.78, 5) is 2.07. The van der Waals surface area contributed by atoms with E-state index >= 15 is 0 Å². The number of benzene rings is 1. The second-order valence-corrected chi connectivity index (χ2v) is 3.58. The van der Waals surface area contributed by atoms with Crippen molar-refractivity contribution in [3.63, 3.8) is 0 Å². The largest absolute Gasteiger partial charge is 0.375 e. The fourth-order valence-corrected chi connectivity index (χ4v) is 1.31. The van der Waals surface area contributed by atoms with Crippen molar-refractivity contribution >= 4 is 11.9 Å². The molecule has 0 N–H and O–H groups in total. The van der Waals surface area contributed by atoms with E-state index in [1.54, 1.807) is 0 Å². The Balaban J connectivity index is 2.45. The Morgan fingerprint density at radius 3 is 2.50 bits per heavy atom. The van der Waals surface area contributed by atoms with Crippen LogP contribution in [0.15, 0.2) is 47.7 Å². The molecule has 86 valence electrons. The van der Waals surface area contributed by atoms with Gasteiger partial charge >= 0.3 is 0 Å². The molecular weight excluding hydrogens is 198 g/mol. The Labute approximate surface area is 97.7 Å². The zero-order valence-corrected chi connectivity index (χ0v) is 10.2. The van der Waals surface area contributed by atoms with E-state index in [1.807, 2.05) is 74.9 Å². The van der Waals surface area contributed by atoms with Crippen LogP contribution in [0.2, 0.25) is 0 Å². The fraction of sp³-hybridized carbons (Fsp3) is 0.308. The lowest BCUT2D eigenvalue weighted by atomic mass is 10.3. The average Bonchev–Trinajstić information content (AvgIpc) is 2.30. The molecule has 0 saturated carbocycles. The van der Waals surface area contributed by atoms with Gasteiger partial charge in [-0.25, -0.2) is 0 Å². The van der Waals surface area contributed by atoms with Crippen LogP contribution in [0.25, 0.3) is 0 Å². The van der Waals surface area contributed by atoms with Crippen LogP contribution < -0.4 is 5.01 Å². The number of anilines is 1. The summed E-state index contributed by atoms with van der Waals surface area (Å²) in [6, 6.07) is 10.1. The molecule has 0 aromatic heterocycles. The maximum atomic E-state index is 4.35. The Morgan fingerprint density at radius 1 is 1.19 bits per heavy atom. The molecule has 0 heterocycles. The van der Waals surface area contributed by atoms with Crippen molar-refractivity contribution in [2.75, 3.05) is 25.6 Å². The molecule has 3 nitrogen and oxygen atoms in total. The highest BCUT2D eigenvalue weighted by molar-refractivity contribution is 5.62. The Kier molecular flexibility index (Phi) is 5.12. The molecule has 0 radical (unpaired) electrons. The van der Waals surface area contributed by atoms with Crippen LogP contribution in [0.5, 0.6) is 0 Å². The van der Waals surface area contributed by atoms with Gasteiger partial charge in [-0.2, -0.15) is 5.10 Å². The van der Waals surface area contributed by atoms with Crippen molar-refractivity contribution in [3.8, 4) is 0 Å². The summed E-state index contributed by atoms with van der Waals surface area (Å²) in [7, 11) is 3.97. The van der Waals surface area contributed by atoms with Gasteiger partial charge in [-0.15, -0.1) is 0 Å². The minimum Gasteiger partial charge on any atom is -0.375 e. The lowest BCUT2D eigenvalue weighted by Crippen LogP contribution is -2.16. The number of allylic oxidation sites excluding steroid dienone is 1. The number of para-hydroxylation sites is 1. The third-order valence-corrected chi connectivity index (χ3v) is 2.16. The van der Waals surface area contributed by atoms with Crippen molar-refractivity contribution < 1.29 is 0 Å². The van der Waals surface area contributed by atoms with E-state index in [-0.39, 0.29) is 0 Å². The first-order valence-corrected chi connectivity index (χ1v) is 5.38. The molecule has 0 bridgehead atoms. The molecule has 0 spiro atoms. The van der Waals surface area contributed by atoms with E-state index in [2.05, 4.69) is 10.0 Å². The molecule has 0 fully saturated rings. The third-order valence-electron chi connectivity index (χ3n) is 2.16. The van der Waals surface area contributed by atoms with Crippen molar-refractivity contribution in [1.82, 2.24) is 4.90 Å². The van der Waals surface area contributed by atoms with Crippen LogP contribution in [0.4, 0.5) is 5.69 Å². The Bertz CT molecular complexity index is 343. The molecule has 0 amide bonds. The highest BCUT2D eigenvalue weighted by Crippen LogP contribution is 2.10. The van der Waals surface area contributed by atoms with Crippen molar-refractivity contribution in [2.45, 2.75) is 6.92 Å². The third kappa shape index (κ3) is 4.17. The SMILES string of the molecule is C/C=C\N(C)C/C=N/N(C)c1ccccc1. The first-order valence-electron chi connectivity index (χ1n) is 5.38. The van der Waals surface area contributed by atoms with Gasteiger partial charge in [0.1, 0.15) is 0 Å². The molecule has 1 aromatic rings. The van der Waals surface area contributed by atoms with Crippen LogP contribution in [0.3, 0.4) is 0 Å². The Hall–Kier alpha value is -1.77. The summed E-state index contributed by atoms with van der Waals surface area (Å²) >= 11 is 0. The van der Waals surface area contributed by atoms with Crippen molar-refractivity contribution in [3.05, 3.63) is 42.6 Å². The molecular formula is C13H19N3. The Morgan fingerprint density at radius 2 is 1.88 bits per heavy atom. The number of rotatable bonds is 5. The van der Waals surface area contributed by atoms with E-state index in [1.165, 1.54) is 0 Å². The predicted octanol–water partition coefficient (Wildman–Crippen LogP) is 2.57. The molecule has 0 aliphatic carbocycles. The highest BCUT2D eigenvalue weighted by Gasteiger charge is 1.94. The number of nitrogens with zero attached hydrogens (tertiary/aromatic N) is 3. The molecule has 0 aliphatic heterocycles. The van der Waals surface area contributed by atoms with Gasteiger partial charge in [0, 0.05) is 20.3 Å². The fourth-order valence-electron chi connectivity index (χ4n) is 1.31. The van der Waals surface area contributed by atoms with Crippen LogP contribution in [0.1, 0.15) is 6.92 Å². The summed E-state index contributed by atoms with van der Waals surface area (Å²) in [6.45, 7) is 2.81. The summed E-state index contributed by atoms with van der Waals surface area (Å²) in [5.74, 6) is 0. The van der Waals surface area contributed by atoms with Gasteiger partial charge in [-0.1, -0.05) is 24.3 Å². The smallest absolute Gasteiger partial charge is 0.0590 e. The number of hydrogen-bond acceptors (Lipinski definition) is 3. The summed E-state index contributed by atoms with van der Waals surface area (Å²) in [5, 5.41) is 6.21. The number of hydrazone groups is 1. The lowest BCUT2D eigenvalue weighted by Gasteiger charge is -2.14. The van der Waals surface area contributed by atoms with Crippen LogP contribution >= 0.6 is 0 Å². The van der Waals surface area contributed by atoms with E-state index in [9.17, 15) is 0 Å². The summed E-state index contributed by atoms with van der Waals surface area (Å²) in [6.07, 6.45) is 5.93. The van der Waals surface area contributed by atoms with E-state index < -0.39 is 0 Å². The van der Waals surface area contributed by atoms with Gasteiger partial charge in [0.2, 0.25) is 0 Å². The minimum absolute atomic E-state index is 0.807. The van der Waals surface area contributed by atoms with Gasteiger partial charge in [0.25, 0.3) is 0 Å². The second kappa shape index (κ2) is 6.67. The monoisotopic (exact) mass is 217 g/mol. The van der Waals surface area contributed by atoms with Gasteiger partial charge in [0.15, 0.2) is 0 Å². The van der Waals surface area contributed by atoms with Crippen LogP contribution in [0, 0.1) is 0 Å². The average molecular weight is 217 g/mol. The van der Waals surface area contributed by atoms with Crippen molar-refractivity contribution in [2.24, 2.45) is 5.10 Å². The molecule has 16 heavy (non-hydrogen) atoms. The first-order chi connectivity index (χ1) is 7.74. The minimum atomic E-state index is 0.807. The number of hydrogen-bond donors (Lipinski definition) is 0. The maximum Gasteiger partial charge on any atom is 0.0590 e. The van der Waals surface area contributed by atoms with Gasteiger partial charge in [-0.05, 0) is 25.3 Å². The quantitative estimate of drug-likeness (QED) is 0.557. The molecule has 0 aliphatic rings. The summed E-state index contributed by atoms with van der Waals surface area (Å²) < 4.78 is 0. The van der Waals surface area contributed by atoms with Crippen LogP contribution in [-0.2, 0) is 0 Å². The maximum absolute atomic E-state index is 4.35. The zero-order valence-electron chi connectivity index (χ0n) is 10.2. The zero-order chi connectivity index (χ0) is 11.8. The normalized spacial score (nSPS) is 11.2. The van der Waals surface area contributed by atoms with Gasteiger partial charge in [0.05, 0.1) is 12.2 Å². The topological polar surface area (TPSA) is 18.8 Å². The van der Waals surface area contributed by atoms with Gasteiger partial charge < -0.3 is 4.90 Å². The molecule has 3 heteroatoms. The predicted molar refractivity (Wildman–Crippen MR) is 70.8 cm³/mol. The lowest BCUT2D eigenvalue weighted by molar-refractivity contribution is 0.527. The van der Waals surface area contributed by atoms with E-state index in [4.69, 9.17) is 0 Å². The van der Waals surface area contributed by atoms with E-state index in [0.717, 1.165) is 12.2 Å². The molecule has 0 saturated heterocycles. The molecule has 1 aromatic carbocycles. The van der Waals surface area contributed by atoms with Crippen molar-refractivity contribution in [1.29, 1.82) is 0 Å². The standard InChI is InChI=1S/C13H19N3/c1-4-11-15(2)12-10-14-16(3)13-8-6-5-7-9-13/h4-11H,12H2,1-3H3/b11-4-,14-10+. The molecule has 1 rings (SSSR count). The summed E-state index contributed by atoms with van der Waals surface area (Å²) in [5.41, 5.74) is 1.09. The van der Waals surface area contributed by atoms with Gasteiger partial charge in [-0.3, -0.25) is 5.01 Å². The van der Waals surface area contributed by atoms with Crippen LogP contribution in [-0.4, -0.2) is 31.8 Å². The molecule has 0 unspecified atom stereocenters.